The van der Waals surface area contributed by atoms with E-state index in [1.54, 1.807) is 37.3 Å². The maximum Gasteiger partial charge on any atom is 0.326 e. The van der Waals surface area contributed by atoms with Crippen molar-refractivity contribution in [1.29, 1.82) is 0 Å². The second-order valence-electron chi connectivity index (χ2n) is 5.46. The number of aliphatic carboxylic acids is 1. The second-order valence-corrected chi connectivity index (χ2v) is 7.39. The lowest BCUT2D eigenvalue weighted by Crippen LogP contribution is -2.60. The van der Waals surface area contributed by atoms with Gasteiger partial charge in [-0.15, -0.1) is 0 Å². The van der Waals surface area contributed by atoms with Crippen LogP contribution in [-0.4, -0.2) is 48.3 Å². The van der Waals surface area contributed by atoms with Crippen LogP contribution in [0.25, 0.3) is 0 Å². The molecule has 1 fully saturated rings. The molecule has 1 aliphatic rings. The van der Waals surface area contributed by atoms with Crippen LogP contribution in [0.15, 0.2) is 30.3 Å². The van der Waals surface area contributed by atoms with Gasteiger partial charge in [0.1, 0.15) is 12.1 Å². The normalized spacial score (nSPS) is 19.6. The van der Waals surface area contributed by atoms with Crippen molar-refractivity contribution >= 4 is 21.9 Å². The van der Waals surface area contributed by atoms with E-state index in [0.29, 0.717) is 12.0 Å². The number of hydrogen-bond acceptors (Lipinski definition) is 4. The molecule has 0 aromatic heterocycles. The van der Waals surface area contributed by atoms with Gasteiger partial charge in [0.2, 0.25) is 15.9 Å². The first-order valence-corrected chi connectivity index (χ1v) is 9.02. The molecule has 2 N–H and O–H groups in total. The van der Waals surface area contributed by atoms with E-state index in [0.717, 1.165) is 4.31 Å². The molecular weight excluding hydrogens is 320 g/mol. The molecule has 2 rings (SSSR count). The monoisotopic (exact) mass is 340 g/mol. The highest BCUT2D eigenvalue weighted by atomic mass is 32.2. The number of carbonyl (C=O) groups excluding carboxylic acids is 1. The molecule has 1 aromatic rings. The largest absolute Gasteiger partial charge is 0.480 e. The Balaban J connectivity index is 2.03. The molecule has 23 heavy (non-hydrogen) atoms. The van der Waals surface area contributed by atoms with Gasteiger partial charge < -0.3 is 10.4 Å². The molecule has 0 aliphatic carbocycles. The van der Waals surface area contributed by atoms with Crippen molar-refractivity contribution in [1.82, 2.24) is 9.62 Å². The predicted molar refractivity (Wildman–Crippen MR) is 84.0 cm³/mol. The van der Waals surface area contributed by atoms with Crippen molar-refractivity contribution in [3.8, 4) is 0 Å². The van der Waals surface area contributed by atoms with Crippen LogP contribution in [0.1, 0.15) is 25.3 Å². The van der Waals surface area contributed by atoms with E-state index in [9.17, 15) is 18.0 Å². The fourth-order valence-electron chi connectivity index (χ4n) is 2.43. The average molecular weight is 340 g/mol. The first-order valence-electron chi connectivity index (χ1n) is 7.41. The highest BCUT2D eigenvalue weighted by molar-refractivity contribution is 7.88. The fourth-order valence-corrected chi connectivity index (χ4v) is 4.18. The van der Waals surface area contributed by atoms with E-state index in [4.69, 9.17) is 5.11 Å². The zero-order chi connectivity index (χ0) is 17.0. The first kappa shape index (κ1) is 17.4. The van der Waals surface area contributed by atoms with Crippen LogP contribution in [0.2, 0.25) is 0 Å². The summed E-state index contributed by atoms with van der Waals surface area (Å²) in [6, 6.07) is 6.91. The van der Waals surface area contributed by atoms with Crippen LogP contribution in [-0.2, 0) is 25.4 Å². The highest BCUT2D eigenvalue weighted by Crippen LogP contribution is 2.24. The van der Waals surface area contributed by atoms with Gasteiger partial charge in [-0.3, -0.25) is 4.79 Å². The van der Waals surface area contributed by atoms with Crippen LogP contribution in [0.5, 0.6) is 0 Å². The molecular formula is C15H20N2O5S. The molecule has 0 radical (unpaired) electrons. The fraction of sp³-hybridized carbons (Fsp3) is 0.467. The lowest BCUT2D eigenvalue weighted by Gasteiger charge is -2.38. The van der Waals surface area contributed by atoms with Gasteiger partial charge in [0.25, 0.3) is 0 Å². The number of carboxylic acid groups (broad SMARTS) is 1. The van der Waals surface area contributed by atoms with Gasteiger partial charge in [-0.25, -0.2) is 13.2 Å². The van der Waals surface area contributed by atoms with Gasteiger partial charge in [-0.05, 0) is 18.4 Å². The van der Waals surface area contributed by atoms with Crippen LogP contribution in [0.3, 0.4) is 0 Å². The van der Waals surface area contributed by atoms with E-state index < -0.39 is 34.0 Å². The van der Waals surface area contributed by atoms with Gasteiger partial charge >= 0.3 is 5.97 Å². The Labute approximate surface area is 135 Å². The number of sulfonamides is 1. The van der Waals surface area contributed by atoms with Crippen LogP contribution in [0, 0.1) is 0 Å². The Morgan fingerprint density at radius 3 is 2.48 bits per heavy atom. The Morgan fingerprint density at radius 2 is 2.00 bits per heavy atom. The van der Waals surface area contributed by atoms with Gasteiger partial charge in [0.15, 0.2) is 0 Å². The number of amides is 1. The molecule has 1 heterocycles. The molecule has 1 aliphatic heterocycles. The third-order valence-electron chi connectivity index (χ3n) is 3.85. The number of nitrogens with one attached hydrogen (secondary N) is 1. The molecule has 0 saturated carbocycles. The SMILES string of the molecule is CCC(NC(=O)C1CCN1S(=O)(=O)Cc1ccccc1)C(=O)O. The standard InChI is InChI=1S/C15H20N2O5S/c1-2-12(15(19)20)16-14(18)13-8-9-17(13)23(21,22)10-11-6-4-3-5-7-11/h3-7,12-13H,2,8-10H2,1H3,(H,16,18)(H,19,20). The predicted octanol–water partition coefficient (Wildman–Crippen LogP) is 0.570. The molecule has 7 nitrogen and oxygen atoms in total. The zero-order valence-electron chi connectivity index (χ0n) is 12.8. The highest BCUT2D eigenvalue weighted by Gasteiger charge is 2.42. The molecule has 2 unspecified atom stereocenters. The third-order valence-corrected chi connectivity index (χ3v) is 5.70. The van der Waals surface area contributed by atoms with E-state index in [2.05, 4.69) is 5.32 Å². The van der Waals surface area contributed by atoms with Crippen molar-refractivity contribution in [3.05, 3.63) is 35.9 Å². The molecule has 2 atom stereocenters. The lowest BCUT2D eigenvalue weighted by atomic mass is 10.1. The Morgan fingerprint density at radius 1 is 1.35 bits per heavy atom. The van der Waals surface area contributed by atoms with Crippen LogP contribution in [0.4, 0.5) is 0 Å². The van der Waals surface area contributed by atoms with Crippen molar-refractivity contribution in [3.63, 3.8) is 0 Å². The van der Waals surface area contributed by atoms with Crippen molar-refractivity contribution in [2.75, 3.05) is 6.54 Å². The Kier molecular flexibility index (Phi) is 5.38. The van der Waals surface area contributed by atoms with Gasteiger partial charge in [0, 0.05) is 6.54 Å². The molecule has 0 spiro atoms. The minimum atomic E-state index is -3.61. The zero-order valence-corrected chi connectivity index (χ0v) is 13.6. The van der Waals surface area contributed by atoms with E-state index >= 15 is 0 Å². The summed E-state index contributed by atoms with van der Waals surface area (Å²) in [5.41, 5.74) is 0.649. The first-order chi connectivity index (χ1) is 10.8. The van der Waals surface area contributed by atoms with Gasteiger partial charge in [0.05, 0.1) is 5.75 Å². The number of nitrogens with zero attached hydrogens (tertiary/aromatic N) is 1. The number of hydrogen-bond donors (Lipinski definition) is 2. The molecule has 0 bridgehead atoms. The van der Waals surface area contributed by atoms with Crippen molar-refractivity contribution < 1.29 is 23.1 Å². The smallest absolute Gasteiger partial charge is 0.326 e. The Bertz CT molecular complexity index is 674. The quantitative estimate of drug-likeness (QED) is 0.755. The van der Waals surface area contributed by atoms with E-state index in [1.807, 2.05) is 0 Å². The third kappa shape index (κ3) is 4.08. The summed E-state index contributed by atoms with van der Waals surface area (Å²) in [6.07, 6.45) is 0.639. The number of carbonyl (C=O) groups is 2. The maximum atomic E-state index is 12.4. The summed E-state index contributed by atoms with van der Waals surface area (Å²) in [5.74, 6) is -1.85. The number of benzene rings is 1. The summed E-state index contributed by atoms with van der Waals surface area (Å²) in [6.45, 7) is 1.92. The lowest BCUT2D eigenvalue weighted by molar-refractivity contribution is -0.143. The summed E-state index contributed by atoms with van der Waals surface area (Å²) < 4.78 is 26.0. The van der Waals surface area contributed by atoms with Crippen LogP contribution < -0.4 is 5.32 Å². The van der Waals surface area contributed by atoms with Crippen molar-refractivity contribution in [2.24, 2.45) is 0 Å². The summed E-state index contributed by atoms with van der Waals surface area (Å²) in [7, 11) is -3.61. The van der Waals surface area contributed by atoms with Gasteiger partial charge in [-0.2, -0.15) is 4.31 Å². The molecule has 1 amide bonds. The van der Waals surface area contributed by atoms with E-state index in [1.165, 1.54) is 0 Å². The maximum absolute atomic E-state index is 12.4. The minimum Gasteiger partial charge on any atom is -0.480 e. The molecule has 8 heteroatoms. The number of rotatable bonds is 7. The number of carboxylic acids is 1. The van der Waals surface area contributed by atoms with E-state index in [-0.39, 0.29) is 18.7 Å². The average Bonchev–Trinajstić information content (AvgIpc) is 2.43. The van der Waals surface area contributed by atoms with Crippen LogP contribution >= 0.6 is 0 Å². The van der Waals surface area contributed by atoms with Crippen molar-refractivity contribution in [2.45, 2.75) is 37.6 Å². The minimum absolute atomic E-state index is 0.173. The Hall–Kier alpha value is -1.93. The molecule has 126 valence electrons. The summed E-state index contributed by atoms with van der Waals surface area (Å²) in [4.78, 5) is 23.1. The molecule has 1 saturated heterocycles. The molecule has 1 aromatic carbocycles. The second kappa shape index (κ2) is 7.10. The topological polar surface area (TPSA) is 104 Å². The van der Waals surface area contributed by atoms with Gasteiger partial charge in [-0.1, -0.05) is 37.3 Å². The summed E-state index contributed by atoms with van der Waals surface area (Å²) >= 11 is 0. The summed E-state index contributed by atoms with van der Waals surface area (Å²) in [5, 5.41) is 11.4.